The first-order chi connectivity index (χ1) is 28.3. The molecule has 0 aromatic rings. The van der Waals surface area contributed by atoms with Gasteiger partial charge in [-0.05, 0) is 57.8 Å². The molecule has 14 nitrogen and oxygen atoms in total. The number of ether oxygens (including phenoxy) is 2. The summed E-state index contributed by atoms with van der Waals surface area (Å²) in [6, 6.07) is -1.56. The number of unbranched alkanes of at least 4 members (excludes halogenated alkanes) is 13. The van der Waals surface area contributed by atoms with Crippen LogP contribution in [0.3, 0.4) is 0 Å². The lowest BCUT2D eigenvalue weighted by molar-refractivity contribution is -0.161. The second kappa shape index (κ2) is 33.9. The molecule has 0 aromatic carbocycles. The first-order valence-corrected chi connectivity index (χ1v) is 23.6. The van der Waals surface area contributed by atoms with Gasteiger partial charge >= 0.3 is 25.7 Å². The Morgan fingerprint density at radius 3 is 2.03 bits per heavy atom. The molecule has 340 valence electrons. The van der Waals surface area contributed by atoms with E-state index in [1.165, 1.54) is 19.3 Å². The van der Waals surface area contributed by atoms with E-state index >= 15 is 0 Å². The molecule has 0 heterocycles. The van der Waals surface area contributed by atoms with E-state index in [1.54, 1.807) is 12.2 Å². The molecule has 1 aliphatic carbocycles. The van der Waals surface area contributed by atoms with Crippen molar-refractivity contribution in [3.63, 3.8) is 0 Å². The number of hydrogen-bond acceptors (Lipinski definition) is 12. The van der Waals surface area contributed by atoms with E-state index in [1.807, 2.05) is 0 Å². The van der Waals surface area contributed by atoms with E-state index in [-0.39, 0.29) is 36.9 Å². The van der Waals surface area contributed by atoms with Crippen molar-refractivity contribution < 1.29 is 62.5 Å². The summed E-state index contributed by atoms with van der Waals surface area (Å²) < 4.78 is 32.7. The number of carboxylic acids is 1. The van der Waals surface area contributed by atoms with Crippen molar-refractivity contribution >= 4 is 31.5 Å². The Kier molecular flexibility index (Phi) is 31.2. The maximum absolute atomic E-state index is 12.7. The Morgan fingerprint density at radius 1 is 0.797 bits per heavy atom. The topological polar surface area (TPSA) is 229 Å². The van der Waals surface area contributed by atoms with Gasteiger partial charge in [0.1, 0.15) is 18.4 Å². The van der Waals surface area contributed by atoms with Crippen molar-refractivity contribution in [2.45, 2.75) is 186 Å². The number of Topliss-reactive ketones (excluding diaryl/α,β-unsaturated/α-hetero) is 1. The number of aliphatic carboxylic acids is 1. The van der Waals surface area contributed by atoms with Crippen molar-refractivity contribution in [3.05, 3.63) is 36.5 Å². The second-order valence-corrected chi connectivity index (χ2v) is 17.1. The van der Waals surface area contributed by atoms with Gasteiger partial charge in [-0.3, -0.25) is 28.2 Å². The number of nitrogens with two attached hydrogens (primary N) is 1. The monoisotopic (exact) mass is 858 g/mol. The summed E-state index contributed by atoms with van der Waals surface area (Å²) in [5.41, 5.74) is 5.33. The fourth-order valence-corrected chi connectivity index (χ4v) is 7.47. The number of carboxylic acid groups (broad SMARTS) is 1. The van der Waals surface area contributed by atoms with E-state index in [2.05, 4.69) is 42.7 Å². The van der Waals surface area contributed by atoms with Crippen LogP contribution in [-0.4, -0.2) is 88.1 Å². The highest BCUT2D eigenvalue weighted by Gasteiger charge is 2.39. The van der Waals surface area contributed by atoms with Gasteiger partial charge in [0, 0.05) is 31.1 Å². The van der Waals surface area contributed by atoms with Gasteiger partial charge in [0.2, 0.25) is 0 Å². The van der Waals surface area contributed by atoms with Crippen LogP contribution in [0.1, 0.15) is 162 Å². The van der Waals surface area contributed by atoms with Gasteiger partial charge < -0.3 is 35.4 Å². The number of aliphatic hydroxyl groups excluding tert-OH is 2. The zero-order valence-electron chi connectivity index (χ0n) is 35.8. The number of carbonyl (C=O) groups is 4. The fraction of sp³-hybridized carbons (Fsp3) is 0.773. The van der Waals surface area contributed by atoms with Gasteiger partial charge in [-0.2, -0.15) is 0 Å². The Hall–Kier alpha value is -2.71. The zero-order valence-corrected chi connectivity index (χ0v) is 36.7. The Labute approximate surface area is 353 Å². The summed E-state index contributed by atoms with van der Waals surface area (Å²) in [6.07, 6.45) is 28.3. The first kappa shape index (κ1) is 54.3. The van der Waals surface area contributed by atoms with Gasteiger partial charge in [-0.1, -0.05) is 121 Å². The van der Waals surface area contributed by atoms with Crippen molar-refractivity contribution in [1.29, 1.82) is 0 Å². The molecule has 6 N–H and O–H groups in total. The number of esters is 2. The summed E-state index contributed by atoms with van der Waals surface area (Å²) in [5.74, 6) is -3.19. The summed E-state index contributed by atoms with van der Waals surface area (Å²) in [7, 11) is -4.78. The Morgan fingerprint density at radius 2 is 1.37 bits per heavy atom. The highest BCUT2D eigenvalue weighted by atomic mass is 31.2. The molecule has 0 saturated heterocycles. The van der Waals surface area contributed by atoms with Crippen LogP contribution in [0.4, 0.5) is 0 Å². The number of hydrogen-bond donors (Lipinski definition) is 5. The van der Waals surface area contributed by atoms with Crippen LogP contribution >= 0.6 is 7.82 Å². The summed E-state index contributed by atoms with van der Waals surface area (Å²) >= 11 is 0. The molecular weight excluding hydrogens is 781 g/mol. The molecule has 1 rings (SSSR count). The fourth-order valence-electron chi connectivity index (χ4n) is 6.70. The number of phosphoric acid groups is 1. The highest BCUT2D eigenvalue weighted by Crippen LogP contribution is 2.43. The maximum atomic E-state index is 12.7. The van der Waals surface area contributed by atoms with Gasteiger partial charge in [0.15, 0.2) is 6.10 Å². The molecule has 0 bridgehead atoms. The molecule has 1 saturated carbocycles. The van der Waals surface area contributed by atoms with E-state index in [0.29, 0.717) is 32.1 Å². The van der Waals surface area contributed by atoms with Gasteiger partial charge in [0.05, 0.1) is 25.4 Å². The molecule has 7 atom stereocenters. The van der Waals surface area contributed by atoms with E-state index in [4.69, 9.17) is 24.8 Å². The van der Waals surface area contributed by atoms with Crippen molar-refractivity contribution in [3.8, 4) is 0 Å². The predicted molar refractivity (Wildman–Crippen MR) is 227 cm³/mol. The van der Waals surface area contributed by atoms with Crippen LogP contribution in [0.15, 0.2) is 36.5 Å². The number of carbonyl (C=O) groups excluding carboxylic acids is 3. The predicted octanol–water partition coefficient (Wildman–Crippen LogP) is 8.20. The van der Waals surface area contributed by atoms with Gasteiger partial charge in [-0.25, -0.2) is 4.57 Å². The van der Waals surface area contributed by atoms with Crippen LogP contribution < -0.4 is 5.73 Å². The molecule has 1 fully saturated rings. The summed E-state index contributed by atoms with van der Waals surface area (Å²) in [5, 5.41) is 29.6. The highest BCUT2D eigenvalue weighted by molar-refractivity contribution is 7.47. The van der Waals surface area contributed by atoms with Crippen LogP contribution in [0.2, 0.25) is 0 Å². The minimum absolute atomic E-state index is 0.0226. The molecule has 15 heteroatoms. The normalized spacial score (nSPS) is 19.7. The number of phosphoric ester groups is 1. The molecule has 0 aromatic heterocycles. The lowest BCUT2D eigenvalue weighted by atomic mass is 9.88. The Bertz CT molecular complexity index is 1310. The number of rotatable bonds is 37. The number of aliphatic hydroxyl groups is 2. The van der Waals surface area contributed by atoms with Crippen LogP contribution in [0.25, 0.3) is 0 Å². The lowest BCUT2D eigenvalue weighted by Gasteiger charge is -2.20. The van der Waals surface area contributed by atoms with E-state index < -0.39 is 69.9 Å². The standard InChI is InChI=1S/C44H76NO13P/c1-3-5-7-8-9-10-11-12-13-14-15-16-17-18-24-28-43(50)58-36(33-56-59(53,54)57-34-39(45)44(51)52)32-55-42(49)27-23-20-19-22-26-37-38(41(48)31-40(37)47)30-29-35(46)25-21-6-4-2/h9-10,12-13,29-30,35-39,41,46,48H,3-8,11,14-28,31-34,45H2,1-2H3,(H,51,52)(H,53,54)/b10-9-,13-12-,30-29+/t35-,36+,37+,38+,39-,41+/m0/s1. The van der Waals surface area contributed by atoms with Crippen LogP contribution in [0.5, 0.6) is 0 Å². The molecule has 1 unspecified atom stereocenters. The Balaban J connectivity index is 2.48. The average Bonchev–Trinajstić information content (AvgIpc) is 3.47. The van der Waals surface area contributed by atoms with Gasteiger partial charge in [0.25, 0.3) is 0 Å². The minimum Gasteiger partial charge on any atom is -0.480 e. The molecule has 1 aliphatic rings. The van der Waals surface area contributed by atoms with Gasteiger partial charge in [-0.15, -0.1) is 0 Å². The maximum Gasteiger partial charge on any atom is 0.472 e. The third kappa shape index (κ3) is 28.4. The summed E-state index contributed by atoms with van der Waals surface area (Å²) in [6.45, 7) is 2.41. The second-order valence-electron chi connectivity index (χ2n) is 15.6. The molecule has 0 amide bonds. The third-order valence-corrected chi connectivity index (χ3v) is 11.2. The van der Waals surface area contributed by atoms with Crippen LogP contribution in [-0.2, 0) is 42.3 Å². The molecular formula is C44H76NO13P. The molecule has 59 heavy (non-hydrogen) atoms. The largest absolute Gasteiger partial charge is 0.480 e. The molecule has 0 aliphatic heterocycles. The average molecular weight is 858 g/mol. The van der Waals surface area contributed by atoms with Crippen molar-refractivity contribution in [2.75, 3.05) is 19.8 Å². The SMILES string of the molecule is CCCCC/C=C\C/C=C\CCCCCCCC(=O)O[C@H](COC(=O)CCCCCC[C@H]1C(=O)C[C@@H](O)[C@@H]1/C=C/[C@@H](O)CCCCC)COP(=O)(O)OC[C@H](N)C(=O)O. The zero-order chi connectivity index (χ0) is 43.7. The van der Waals surface area contributed by atoms with Crippen LogP contribution in [0, 0.1) is 11.8 Å². The molecule has 0 radical (unpaired) electrons. The van der Waals surface area contributed by atoms with Crippen molar-refractivity contribution in [2.24, 2.45) is 17.6 Å². The third-order valence-electron chi connectivity index (χ3n) is 10.3. The number of ketones is 1. The minimum atomic E-state index is -4.78. The smallest absolute Gasteiger partial charge is 0.472 e. The van der Waals surface area contributed by atoms with E-state index in [9.17, 15) is 38.8 Å². The van der Waals surface area contributed by atoms with Crippen molar-refractivity contribution in [1.82, 2.24) is 0 Å². The summed E-state index contributed by atoms with van der Waals surface area (Å²) in [4.78, 5) is 58.7. The lowest BCUT2D eigenvalue weighted by Crippen LogP contribution is -2.34. The van der Waals surface area contributed by atoms with E-state index in [0.717, 1.165) is 77.0 Å². The quantitative estimate of drug-likeness (QED) is 0.0172. The first-order valence-electron chi connectivity index (χ1n) is 22.1. The molecule has 0 spiro atoms. The number of allylic oxidation sites excluding steroid dienone is 4.